The van der Waals surface area contributed by atoms with E-state index in [-0.39, 0.29) is 5.91 Å². The number of rotatable bonds is 5. The Morgan fingerprint density at radius 2 is 2.04 bits per heavy atom. The highest BCUT2D eigenvalue weighted by Crippen LogP contribution is 2.25. The summed E-state index contributed by atoms with van der Waals surface area (Å²) >= 11 is 1.60. The van der Waals surface area contributed by atoms with Gasteiger partial charge >= 0.3 is 0 Å². The molecule has 0 aliphatic carbocycles. The first-order valence-electron chi connectivity index (χ1n) is 7.57. The van der Waals surface area contributed by atoms with Crippen molar-refractivity contribution in [3.8, 4) is 5.75 Å². The molecule has 0 atom stereocenters. The summed E-state index contributed by atoms with van der Waals surface area (Å²) < 4.78 is 6.51. The van der Waals surface area contributed by atoms with Crippen molar-refractivity contribution in [2.24, 2.45) is 0 Å². The molecule has 0 bridgehead atoms. The Morgan fingerprint density at radius 3 is 2.87 bits per heavy atom. The van der Waals surface area contributed by atoms with Gasteiger partial charge in [0.25, 0.3) is 5.91 Å². The lowest BCUT2D eigenvalue weighted by molar-refractivity contribution is 0.0956. The molecule has 23 heavy (non-hydrogen) atoms. The third kappa shape index (κ3) is 3.37. The molecule has 0 saturated carbocycles. The van der Waals surface area contributed by atoms with E-state index < -0.39 is 0 Å². The van der Waals surface area contributed by atoms with Gasteiger partial charge in [-0.25, -0.2) is 0 Å². The quantitative estimate of drug-likeness (QED) is 0.764. The zero-order chi connectivity index (χ0) is 16.2. The maximum atomic E-state index is 12.4. The average molecular weight is 325 g/mol. The van der Waals surface area contributed by atoms with Crippen LogP contribution in [0.3, 0.4) is 0 Å². The maximum absolute atomic E-state index is 12.4. The minimum absolute atomic E-state index is 0.0194. The molecule has 4 heteroatoms. The first-order chi connectivity index (χ1) is 11.2. The van der Waals surface area contributed by atoms with Crippen molar-refractivity contribution < 1.29 is 9.53 Å². The molecule has 0 aliphatic heterocycles. The Kier molecular flexibility index (Phi) is 4.63. The zero-order valence-electron chi connectivity index (χ0n) is 13.3. The number of methoxy groups -OCH3 is 1. The van der Waals surface area contributed by atoms with Crippen LogP contribution in [0.5, 0.6) is 5.75 Å². The molecule has 0 unspecified atom stereocenters. The van der Waals surface area contributed by atoms with Crippen molar-refractivity contribution in [3.63, 3.8) is 0 Å². The van der Waals surface area contributed by atoms with E-state index in [1.54, 1.807) is 18.4 Å². The van der Waals surface area contributed by atoms with Gasteiger partial charge in [-0.3, -0.25) is 4.79 Å². The summed E-state index contributed by atoms with van der Waals surface area (Å²) in [6.45, 7) is 2.64. The predicted molar refractivity (Wildman–Crippen MR) is 95.6 cm³/mol. The molecular formula is C19H19NO2S. The Morgan fingerprint density at radius 1 is 1.22 bits per heavy atom. The van der Waals surface area contributed by atoms with Crippen LogP contribution < -0.4 is 10.1 Å². The van der Waals surface area contributed by atoms with Gasteiger partial charge < -0.3 is 10.1 Å². The summed E-state index contributed by atoms with van der Waals surface area (Å²) in [5, 5.41) is 5.95. The second-order valence-electron chi connectivity index (χ2n) is 5.47. The smallest absolute Gasteiger partial charge is 0.252 e. The minimum Gasteiger partial charge on any atom is -0.496 e. The molecule has 3 nitrogen and oxygen atoms in total. The van der Waals surface area contributed by atoms with Gasteiger partial charge in [-0.1, -0.05) is 35.9 Å². The molecule has 3 rings (SSSR count). The summed E-state index contributed by atoms with van der Waals surface area (Å²) in [5.74, 6) is 0.847. The monoisotopic (exact) mass is 325 g/mol. The Hall–Kier alpha value is -2.33. The van der Waals surface area contributed by atoms with E-state index in [1.807, 2.05) is 41.8 Å². The van der Waals surface area contributed by atoms with Crippen molar-refractivity contribution in [1.29, 1.82) is 0 Å². The number of ether oxygens (including phenoxy) is 1. The van der Waals surface area contributed by atoms with E-state index in [0.717, 1.165) is 33.4 Å². The van der Waals surface area contributed by atoms with Gasteiger partial charge in [-0.15, -0.1) is 11.3 Å². The first-order valence-corrected chi connectivity index (χ1v) is 8.45. The summed E-state index contributed by atoms with van der Waals surface area (Å²) in [5.41, 5.74) is 3.06. The second-order valence-corrected chi connectivity index (χ2v) is 6.38. The number of carbonyl (C=O) groups is 1. The minimum atomic E-state index is -0.0194. The molecule has 1 aromatic heterocycles. The lowest BCUT2D eigenvalue weighted by atomic mass is 10.1. The topological polar surface area (TPSA) is 38.3 Å². The van der Waals surface area contributed by atoms with E-state index in [2.05, 4.69) is 18.3 Å². The molecule has 0 spiro atoms. The normalized spacial score (nSPS) is 10.7. The van der Waals surface area contributed by atoms with Gasteiger partial charge in [0.15, 0.2) is 0 Å². The third-order valence-electron chi connectivity index (χ3n) is 3.84. The summed E-state index contributed by atoms with van der Waals surface area (Å²) in [6.07, 6.45) is 0.749. The van der Waals surface area contributed by atoms with Gasteiger partial charge in [0.2, 0.25) is 0 Å². The molecule has 0 radical (unpaired) electrons. The molecule has 0 saturated heterocycles. The SMILES string of the molecule is COc1ccc(C)cc1CCNC(=O)c1csc2ccccc12. The summed E-state index contributed by atoms with van der Waals surface area (Å²) in [6, 6.07) is 14.1. The van der Waals surface area contributed by atoms with Crippen molar-refractivity contribution in [2.75, 3.05) is 13.7 Å². The van der Waals surface area contributed by atoms with Gasteiger partial charge in [0.05, 0.1) is 12.7 Å². The van der Waals surface area contributed by atoms with Gasteiger partial charge in [0, 0.05) is 22.0 Å². The molecule has 0 fully saturated rings. The predicted octanol–water partition coefficient (Wildman–Crippen LogP) is 4.19. The molecule has 1 amide bonds. The number of carbonyl (C=O) groups excluding carboxylic acids is 1. The Balaban J connectivity index is 1.67. The average Bonchev–Trinajstić information content (AvgIpc) is 2.99. The molecule has 0 aliphatic rings. The third-order valence-corrected chi connectivity index (χ3v) is 4.80. The highest BCUT2D eigenvalue weighted by atomic mass is 32.1. The first kappa shape index (κ1) is 15.6. The van der Waals surface area contributed by atoms with E-state index in [9.17, 15) is 4.79 Å². The molecule has 2 aromatic carbocycles. The summed E-state index contributed by atoms with van der Waals surface area (Å²) in [4.78, 5) is 12.4. The molecule has 3 aromatic rings. The maximum Gasteiger partial charge on any atom is 0.252 e. The fraction of sp³-hybridized carbons (Fsp3) is 0.211. The van der Waals surface area contributed by atoms with Gasteiger partial charge in [0.1, 0.15) is 5.75 Å². The van der Waals surface area contributed by atoms with E-state index in [0.29, 0.717) is 6.54 Å². The van der Waals surface area contributed by atoms with E-state index >= 15 is 0 Å². The number of aryl methyl sites for hydroxylation is 1. The number of nitrogens with one attached hydrogen (secondary N) is 1. The van der Waals surface area contributed by atoms with Crippen LogP contribution in [-0.4, -0.2) is 19.6 Å². The fourth-order valence-electron chi connectivity index (χ4n) is 2.66. The highest BCUT2D eigenvalue weighted by molar-refractivity contribution is 7.17. The molecular weight excluding hydrogens is 306 g/mol. The number of hydrogen-bond donors (Lipinski definition) is 1. The van der Waals surface area contributed by atoms with Crippen LogP contribution in [0.2, 0.25) is 0 Å². The standard InChI is InChI=1S/C19H19NO2S/c1-13-7-8-17(22-2)14(11-13)9-10-20-19(21)16-12-23-18-6-4-3-5-15(16)18/h3-8,11-12H,9-10H2,1-2H3,(H,20,21). The Labute approximate surface area is 139 Å². The van der Waals surface area contributed by atoms with Crippen LogP contribution in [0.1, 0.15) is 21.5 Å². The van der Waals surface area contributed by atoms with E-state index in [4.69, 9.17) is 4.74 Å². The zero-order valence-corrected chi connectivity index (χ0v) is 14.1. The van der Waals surface area contributed by atoms with Crippen LogP contribution in [-0.2, 0) is 6.42 Å². The molecule has 1 heterocycles. The number of hydrogen-bond acceptors (Lipinski definition) is 3. The van der Waals surface area contributed by atoms with Crippen molar-refractivity contribution in [3.05, 3.63) is 64.5 Å². The largest absolute Gasteiger partial charge is 0.496 e. The summed E-state index contributed by atoms with van der Waals surface area (Å²) in [7, 11) is 1.67. The lowest BCUT2D eigenvalue weighted by Gasteiger charge is -2.10. The van der Waals surface area contributed by atoms with Gasteiger partial charge in [-0.2, -0.15) is 0 Å². The van der Waals surface area contributed by atoms with Crippen LogP contribution in [0.4, 0.5) is 0 Å². The van der Waals surface area contributed by atoms with Crippen LogP contribution >= 0.6 is 11.3 Å². The van der Waals surface area contributed by atoms with Crippen LogP contribution in [0.15, 0.2) is 47.8 Å². The second kappa shape index (κ2) is 6.84. The van der Waals surface area contributed by atoms with Crippen molar-refractivity contribution in [2.45, 2.75) is 13.3 Å². The fourth-order valence-corrected chi connectivity index (χ4v) is 3.60. The number of thiophene rings is 1. The lowest BCUT2D eigenvalue weighted by Crippen LogP contribution is -2.25. The Bertz CT molecular complexity index is 838. The van der Waals surface area contributed by atoms with Crippen LogP contribution in [0.25, 0.3) is 10.1 Å². The number of benzene rings is 2. The molecule has 1 N–H and O–H groups in total. The van der Waals surface area contributed by atoms with Crippen molar-refractivity contribution >= 4 is 27.3 Å². The van der Waals surface area contributed by atoms with E-state index in [1.165, 1.54) is 5.56 Å². The van der Waals surface area contributed by atoms with Gasteiger partial charge in [-0.05, 0) is 31.0 Å². The number of amides is 1. The highest BCUT2D eigenvalue weighted by Gasteiger charge is 2.11. The molecule has 118 valence electrons. The van der Waals surface area contributed by atoms with Crippen molar-refractivity contribution in [1.82, 2.24) is 5.32 Å². The van der Waals surface area contributed by atoms with Crippen LogP contribution in [0, 0.1) is 6.92 Å². The number of fused-ring (bicyclic) bond motifs is 1.